The predicted molar refractivity (Wildman–Crippen MR) is 118 cm³/mol. The van der Waals surface area contributed by atoms with Crippen molar-refractivity contribution in [1.29, 1.82) is 0 Å². The molecule has 0 saturated heterocycles. The van der Waals surface area contributed by atoms with Gasteiger partial charge in [0, 0.05) is 11.4 Å². The molecule has 1 aliphatic rings. The van der Waals surface area contributed by atoms with Crippen molar-refractivity contribution in [2.45, 2.75) is 65.2 Å². The van der Waals surface area contributed by atoms with Crippen LogP contribution in [0.25, 0.3) is 0 Å². The number of hydrogen-bond donors (Lipinski definition) is 4. The molecule has 0 aliphatic heterocycles. The van der Waals surface area contributed by atoms with Crippen molar-refractivity contribution in [2.24, 2.45) is 0 Å². The van der Waals surface area contributed by atoms with E-state index in [9.17, 15) is 19.8 Å². The van der Waals surface area contributed by atoms with E-state index in [2.05, 4.69) is 13.8 Å². The molecular weight excluding hydrogens is 380 g/mol. The molecule has 2 aromatic rings. The van der Waals surface area contributed by atoms with Gasteiger partial charge in [-0.1, -0.05) is 39.5 Å². The zero-order chi connectivity index (χ0) is 22.0. The molecule has 0 heterocycles. The van der Waals surface area contributed by atoms with Crippen LogP contribution in [0.4, 0.5) is 11.4 Å². The van der Waals surface area contributed by atoms with Crippen LogP contribution < -0.4 is 11.5 Å². The smallest absolute Gasteiger partial charge is 0.202 e. The zero-order valence-corrected chi connectivity index (χ0v) is 17.7. The third-order valence-corrected chi connectivity index (χ3v) is 5.83. The van der Waals surface area contributed by atoms with Crippen LogP contribution in [0.3, 0.4) is 0 Å². The summed E-state index contributed by atoms with van der Waals surface area (Å²) in [5, 5.41) is 21.7. The lowest BCUT2D eigenvalue weighted by Gasteiger charge is -2.24. The van der Waals surface area contributed by atoms with Crippen molar-refractivity contribution < 1.29 is 19.8 Å². The van der Waals surface area contributed by atoms with Crippen molar-refractivity contribution in [3.63, 3.8) is 0 Å². The van der Waals surface area contributed by atoms with Crippen LogP contribution in [0, 0.1) is 0 Å². The second-order valence-electron chi connectivity index (χ2n) is 8.02. The summed E-state index contributed by atoms with van der Waals surface area (Å²) in [6, 6.07) is 3.13. The summed E-state index contributed by atoms with van der Waals surface area (Å²) in [4.78, 5) is 26.6. The van der Waals surface area contributed by atoms with Gasteiger partial charge in [-0.2, -0.15) is 0 Å². The maximum atomic E-state index is 13.4. The molecule has 30 heavy (non-hydrogen) atoms. The van der Waals surface area contributed by atoms with E-state index in [-0.39, 0.29) is 45.1 Å². The van der Waals surface area contributed by atoms with Gasteiger partial charge in [0.25, 0.3) is 0 Å². The molecule has 0 spiro atoms. The molecule has 1 aliphatic carbocycles. The quantitative estimate of drug-likeness (QED) is 0.246. The number of phenols is 2. The fourth-order valence-corrected chi connectivity index (χ4v) is 4.20. The molecule has 0 unspecified atom stereocenters. The van der Waals surface area contributed by atoms with Crippen molar-refractivity contribution in [1.82, 2.24) is 0 Å². The molecule has 0 atom stereocenters. The van der Waals surface area contributed by atoms with Gasteiger partial charge in [-0.05, 0) is 48.9 Å². The Kier molecular flexibility index (Phi) is 6.34. The minimum absolute atomic E-state index is 0.0333. The van der Waals surface area contributed by atoms with Gasteiger partial charge in [0.1, 0.15) is 11.5 Å². The Hall–Kier alpha value is -3.02. The third-order valence-electron chi connectivity index (χ3n) is 5.83. The molecule has 160 valence electrons. The van der Waals surface area contributed by atoms with Crippen LogP contribution in [0.15, 0.2) is 12.1 Å². The number of unbranched alkanes of at least 4 members (excludes halogenated alkanes) is 4. The number of rotatable bonds is 8. The Morgan fingerprint density at radius 3 is 1.40 bits per heavy atom. The number of benzene rings is 2. The van der Waals surface area contributed by atoms with E-state index in [0.717, 1.165) is 38.5 Å². The summed E-state index contributed by atoms with van der Waals surface area (Å²) in [7, 11) is 0. The zero-order valence-electron chi connectivity index (χ0n) is 17.7. The largest absolute Gasteiger partial charge is 0.507 e. The molecule has 6 nitrogen and oxygen atoms in total. The number of nitrogens with two attached hydrogens (primary N) is 2. The SMILES string of the molecule is CCCCCc1cc(N)c2c(c1O)C(=O)c1c(O)c(CCCCC)cc(N)c1C2=O. The summed E-state index contributed by atoms with van der Waals surface area (Å²) in [6.45, 7) is 4.15. The highest BCUT2D eigenvalue weighted by atomic mass is 16.3. The number of phenolic OH excluding ortho intramolecular Hbond substituents is 2. The first-order chi connectivity index (χ1) is 14.3. The first kappa shape index (κ1) is 21.7. The maximum absolute atomic E-state index is 13.4. The van der Waals surface area contributed by atoms with Crippen molar-refractivity contribution in [3.05, 3.63) is 45.5 Å². The Balaban J connectivity index is 2.14. The number of nitrogen functional groups attached to an aromatic ring is 2. The van der Waals surface area contributed by atoms with Gasteiger partial charge in [0.2, 0.25) is 5.78 Å². The molecule has 0 bridgehead atoms. The second kappa shape index (κ2) is 8.78. The van der Waals surface area contributed by atoms with Gasteiger partial charge in [-0.3, -0.25) is 9.59 Å². The van der Waals surface area contributed by atoms with Crippen LogP contribution in [0.2, 0.25) is 0 Å². The number of carbonyl (C=O) groups is 2. The van der Waals surface area contributed by atoms with Gasteiger partial charge in [-0.25, -0.2) is 0 Å². The van der Waals surface area contributed by atoms with Crippen LogP contribution in [0.5, 0.6) is 11.5 Å². The molecule has 6 N–H and O–H groups in total. The monoisotopic (exact) mass is 410 g/mol. The molecular formula is C24H30N2O4. The number of aromatic hydroxyl groups is 2. The average Bonchev–Trinajstić information content (AvgIpc) is 2.70. The lowest BCUT2D eigenvalue weighted by Crippen LogP contribution is -2.25. The van der Waals surface area contributed by atoms with Gasteiger partial charge >= 0.3 is 0 Å². The van der Waals surface area contributed by atoms with Crippen LogP contribution in [0.1, 0.15) is 95.3 Å². The highest BCUT2D eigenvalue weighted by molar-refractivity contribution is 6.33. The summed E-state index contributed by atoms with van der Waals surface area (Å²) >= 11 is 0. The topological polar surface area (TPSA) is 127 Å². The Morgan fingerprint density at radius 2 is 1.03 bits per heavy atom. The van der Waals surface area contributed by atoms with Gasteiger partial charge in [0.05, 0.1) is 22.3 Å². The fraction of sp³-hybridized carbons (Fsp3) is 0.417. The minimum Gasteiger partial charge on any atom is -0.507 e. The predicted octanol–water partition coefficient (Wildman–Crippen LogP) is 4.50. The molecule has 0 radical (unpaired) electrons. The summed E-state index contributed by atoms with van der Waals surface area (Å²) < 4.78 is 0. The first-order valence-corrected chi connectivity index (χ1v) is 10.7. The van der Waals surface area contributed by atoms with Gasteiger partial charge < -0.3 is 21.7 Å². The Labute approximate surface area is 176 Å². The van der Waals surface area contributed by atoms with Gasteiger partial charge in [-0.15, -0.1) is 0 Å². The summed E-state index contributed by atoms with van der Waals surface area (Å²) in [6.07, 6.45) is 6.75. The Bertz CT molecular complexity index is 934. The molecule has 0 aromatic heterocycles. The van der Waals surface area contributed by atoms with E-state index < -0.39 is 11.6 Å². The number of hydrogen-bond acceptors (Lipinski definition) is 6. The molecule has 0 amide bonds. The van der Waals surface area contributed by atoms with Crippen molar-refractivity contribution in [2.75, 3.05) is 11.5 Å². The van der Waals surface area contributed by atoms with E-state index >= 15 is 0 Å². The van der Waals surface area contributed by atoms with Gasteiger partial charge in [0.15, 0.2) is 5.78 Å². The van der Waals surface area contributed by atoms with E-state index in [4.69, 9.17) is 11.5 Å². The molecule has 6 heteroatoms. The molecule has 0 saturated carbocycles. The highest BCUT2D eigenvalue weighted by Gasteiger charge is 2.38. The van der Waals surface area contributed by atoms with Crippen LogP contribution >= 0.6 is 0 Å². The molecule has 3 rings (SSSR count). The van der Waals surface area contributed by atoms with E-state index in [0.29, 0.717) is 24.0 Å². The maximum Gasteiger partial charge on any atom is 0.202 e. The normalized spacial score (nSPS) is 12.7. The van der Waals surface area contributed by atoms with Crippen molar-refractivity contribution in [3.8, 4) is 11.5 Å². The summed E-state index contributed by atoms with van der Waals surface area (Å²) in [5.41, 5.74) is 13.3. The number of anilines is 2. The fourth-order valence-electron chi connectivity index (χ4n) is 4.20. The standard InChI is InChI=1S/C24H30N2O4/c1-3-5-7-9-13-11-15(25)17-19(21(13)27)24(30)20-18(23(17)29)16(26)12-14(22(20)28)10-8-6-4-2/h11-12,27-28H,3-10,25-26H2,1-2H3. The average molecular weight is 411 g/mol. The number of ketones is 2. The molecule has 2 aromatic carbocycles. The number of fused-ring (bicyclic) bond motifs is 2. The van der Waals surface area contributed by atoms with Crippen molar-refractivity contribution >= 4 is 22.9 Å². The van der Waals surface area contributed by atoms with Crippen LogP contribution in [-0.2, 0) is 12.8 Å². The van der Waals surface area contributed by atoms with Crippen LogP contribution in [-0.4, -0.2) is 21.8 Å². The lowest BCUT2D eigenvalue weighted by atomic mass is 9.79. The van der Waals surface area contributed by atoms with E-state index in [1.165, 1.54) is 0 Å². The van der Waals surface area contributed by atoms with E-state index in [1.54, 1.807) is 12.1 Å². The van der Waals surface area contributed by atoms with E-state index in [1.807, 2.05) is 0 Å². The third kappa shape index (κ3) is 3.62. The minimum atomic E-state index is -0.609. The first-order valence-electron chi connectivity index (χ1n) is 10.7. The number of carbonyl (C=O) groups excluding carboxylic acids is 2. The summed E-state index contributed by atoms with van der Waals surface area (Å²) in [5.74, 6) is -1.61. The second-order valence-corrected chi connectivity index (χ2v) is 8.02. The molecule has 0 fully saturated rings. The highest BCUT2D eigenvalue weighted by Crippen LogP contribution is 2.44. The lowest BCUT2D eigenvalue weighted by molar-refractivity contribution is 0.0975. The Morgan fingerprint density at radius 1 is 0.667 bits per heavy atom. The number of aryl methyl sites for hydroxylation is 2.